The van der Waals surface area contributed by atoms with Crippen molar-refractivity contribution < 1.29 is 18.7 Å². The SMILES string of the molecule is C=CC(=O)N1CC2CSc3c(F)c(-c4c(O)cccc4F)nc4c3c(nc(=O)n4-c3c(C)ccnc3C(C)C)N2CC1C. The summed E-state index contributed by atoms with van der Waals surface area (Å²) in [4.78, 5) is 44.2. The summed E-state index contributed by atoms with van der Waals surface area (Å²) in [7, 11) is 0. The lowest BCUT2D eigenvalue weighted by Crippen LogP contribution is -2.60. The first kappa shape index (κ1) is 28.8. The first-order chi connectivity index (χ1) is 20.5. The molecule has 2 atom stereocenters. The van der Waals surface area contributed by atoms with Gasteiger partial charge in [-0.05, 0) is 49.6 Å². The van der Waals surface area contributed by atoms with Crippen LogP contribution in [0.1, 0.15) is 37.9 Å². The number of aryl methyl sites for hydroxylation is 1. The second-order valence-corrected chi connectivity index (χ2v) is 12.2. The van der Waals surface area contributed by atoms with E-state index in [4.69, 9.17) is 0 Å². The van der Waals surface area contributed by atoms with Crippen molar-refractivity contribution in [1.29, 1.82) is 0 Å². The van der Waals surface area contributed by atoms with Crippen molar-refractivity contribution in [1.82, 2.24) is 24.4 Å². The molecule has 12 heteroatoms. The molecular weight excluding hydrogens is 574 g/mol. The summed E-state index contributed by atoms with van der Waals surface area (Å²) in [5, 5.41) is 10.9. The fourth-order valence-corrected chi connectivity index (χ4v) is 7.16. The summed E-state index contributed by atoms with van der Waals surface area (Å²) in [5.74, 6) is -1.87. The van der Waals surface area contributed by atoms with Crippen LogP contribution in [0.2, 0.25) is 0 Å². The van der Waals surface area contributed by atoms with Gasteiger partial charge in [0.1, 0.15) is 23.1 Å². The number of aromatic hydroxyl groups is 1. The fraction of sp³-hybridized carbons (Fsp3) is 0.323. The molecule has 0 spiro atoms. The number of halogens is 2. The molecule has 5 heterocycles. The molecule has 0 aliphatic carbocycles. The largest absolute Gasteiger partial charge is 0.507 e. The summed E-state index contributed by atoms with van der Waals surface area (Å²) < 4.78 is 33.1. The molecule has 2 aliphatic heterocycles. The Hall–Kier alpha value is -4.32. The first-order valence-electron chi connectivity index (χ1n) is 14.0. The van der Waals surface area contributed by atoms with Gasteiger partial charge < -0.3 is 14.9 Å². The number of phenolic OH excluding ortho intramolecular Hbond substituents is 1. The number of aromatic nitrogens is 4. The van der Waals surface area contributed by atoms with E-state index in [1.165, 1.54) is 34.5 Å². The molecule has 222 valence electrons. The van der Waals surface area contributed by atoms with Crippen LogP contribution in [0, 0.1) is 18.6 Å². The van der Waals surface area contributed by atoms with Gasteiger partial charge in [0.05, 0.1) is 33.3 Å². The van der Waals surface area contributed by atoms with Gasteiger partial charge in [-0.3, -0.25) is 9.78 Å². The van der Waals surface area contributed by atoms with E-state index in [9.17, 15) is 14.7 Å². The smallest absolute Gasteiger partial charge is 0.355 e. The number of carbonyl (C=O) groups excluding carboxylic acids is 1. The number of anilines is 1. The van der Waals surface area contributed by atoms with Crippen LogP contribution < -0.4 is 10.6 Å². The average molecular weight is 605 g/mol. The van der Waals surface area contributed by atoms with Crippen molar-refractivity contribution in [3.8, 4) is 22.7 Å². The standard InChI is InChI=1S/C31H30F2N6O3S/c1-6-21(41)37-13-18-14-43-28-23-29(38(18)12-17(37)5)36-31(42)39(27-16(4)10-11-34-25(27)15(2)3)30(23)35-26(24(28)33)22-19(32)8-7-9-20(22)40/h6-11,15,17-18,40H,1,12-14H2,2-5H3. The number of rotatable bonds is 4. The maximum atomic E-state index is 16.6. The molecule has 2 aliphatic rings. The number of nitrogens with zero attached hydrogens (tertiary/aromatic N) is 6. The number of thioether (sulfide) groups is 1. The van der Waals surface area contributed by atoms with Gasteiger partial charge in [0.25, 0.3) is 0 Å². The number of piperazine rings is 1. The minimum absolute atomic E-state index is 0.0763. The predicted octanol–water partition coefficient (Wildman–Crippen LogP) is 4.96. The highest BCUT2D eigenvalue weighted by molar-refractivity contribution is 7.99. The zero-order valence-corrected chi connectivity index (χ0v) is 25.0. The molecule has 2 unspecified atom stereocenters. The Labute approximate surface area is 250 Å². The van der Waals surface area contributed by atoms with E-state index < -0.39 is 34.3 Å². The maximum Gasteiger partial charge on any atom is 0.355 e. The monoisotopic (exact) mass is 604 g/mol. The van der Waals surface area contributed by atoms with Crippen LogP contribution in [0.5, 0.6) is 5.75 Å². The molecule has 0 radical (unpaired) electrons. The van der Waals surface area contributed by atoms with Crippen LogP contribution in [0.4, 0.5) is 14.6 Å². The molecule has 9 nitrogen and oxygen atoms in total. The van der Waals surface area contributed by atoms with Crippen molar-refractivity contribution in [2.45, 2.75) is 50.6 Å². The van der Waals surface area contributed by atoms with Crippen molar-refractivity contribution in [2.24, 2.45) is 0 Å². The number of phenols is 1. The predicted molar refractivity (Wildman–Crippen MR) is 162 cm³/mol. The van der Waals surface area contributed by atoms with Gasteiger partial charge in [0.2, 0.25) is 5.91 Å². The quantitative estimate of drug-likeness (QED) is 0.326. The summed E-state index contributed by atoms with van der Waals surface area (Å²) >= 11 is 1.19. The Morgan fingerprint density at radius 1 is 1.21 bits per heavy atom. The second kappa shape index (κ2) is 10.7. The van der Waals surface area contributed by atoms with E-state index in [0.29, 0.717) is 35.6 Å². The average Bonchev–Trinajstić information content (AvgIpc) is 3.12. The highest BCUT2D eigenvalue weighted by Gasteiger charge is 2.39. The number of carbonyl (C=O) groups is 1. The highest BCUT2D eigenvalue weighted by atomic mass is 32.2. The van der Waals surface area contributed by atoms with Crippen molar-refractivity contribution in [3.63, 3.8) is 0 Å². The Balaban J connectivity index is 1.72. The molecule has 6 rings (SSSR count). The van der Waals surface area contributed by atoms with E-state index >= 15 is 8.78 Å². The van der Waals surface area contributed by atoms with Crippen LogP contribution in [-0.2, 0) is 4.79 Å². The zero-order valence-electron chi connectivity index (χ0n) is 24.1. The molecule has 1 aromatic carbocycles. The summed E-state index contributed by atoms with van der Waals surface area (Å²) in [6.45, 7) is 11.9. The fourth-order valence-electron chi connectivity index (χ4n) is 5.97. The Kier molecular flexibility index (Phi) is 7.19. The minimum atomic E-state index is -0.856. The van der Waals surface area contributed by atoms with Crippen LogP contribution in [0.25, 0.3) is 28.0 Å². The van der Waals surface area contributed by atoms with Gasteiger partial charge in [-0.25, -0.2) is 23.1 Å². The van der Waals surface area contributed by atoms with Gasteiger partial charge in [0.15, 0.2) is 11.5 Å². The Morgan fingerprint density at radius 3 is 2.67 bits per heavy atom. The van der Waals surface area contributed by atoms with E-state index in [1.54, 1.807) is 17.2 Å². The third-order valence-electron chi connectivity index (χ3n) is 8.05. The minimum Gasteiger partial charge on any atom is -0.507 e. The number of amides is 1. The molecule has 1 fully saturated rings. The number of fused-ring (bicyclic) bond motifs is 2. The topological polar surface area (TPSA) is 104 Å². The molecule has 4 aromatic rings. The Morgan fingerprint density at radius 2 is 1.98 bits per heavy atom. The summed E-state index contributed by atoms with van der Waals surface area (Å²) in [6.07, 6.45) is 2.92. The molecule has 1 saturated heterocycles. The molecule has 0 bridgehead atoms. The third kappa shape index (κ3) is 4.55. The van der Waals surface area contributed by atoms with Crippen molar-refractivity contribution >= 4 is 34.5 Å². The van der Waals surface area contributed by atoms with Gasteiger partial charge in [0, 0.05) is 31.1 Å². The number of hydrogen-bond acceptors (Lipinski definition) is 8. The van der Waals surface area contributed by atoms with Crippen molar-refractivity contribution in [2.75, 3.05) is 23.7 Å². The first-order valence-corrected chi connectivity index (χ1v) is 14.9. The summed E-state index contributed by atoms with van der Waals surface area (Å²) in [6, 6.07) is 4.91. The number of pyridine rings is 2. The van der Waals surface area contributed by atoms with E-state index in [0.717, 1.165) is 11.6 Å². The van der Waals surface area contributed by atoms with Gasteiger partial charge in [-0.1, -0.05) is 26.5 Å². The van der Waals surface area contributed by atoms with Gasteiger partial charge in [-0.15, -0.1) is 11.8 Å². The van der Waals surface area contributed by atoms with E-state index in [2.05, 4.69) is 21.5 Å². The maximum absolute atomic E-state index is 16.6. The molecule has 0 saturated carbocycles. The van der Waals surface area contributed by atoms with Crippen molar-refractivity contribution in [3.05, 3.63) is 76.5 Å². The van der Waals surface area contributed by atoms with Gasteiger partial charge in [-0.2, -0.15) is 4.98 Å². The lowest BCUT2D eigenvalue weighted by atomic mass is 10.0. The van der Waals surface area contributed by atoms with Crippen LogP contribution in [0.3, 0.4) is 0 Å². The normalized spacial score (nSPS) is 18.1. The number of benzene rings is 1. The highest BCUT2D eigenvalue weighted by Crippen LogP contribution is 2.45. The lowest BCUT2D eigenvalue weighted by Gasteiger charge is -2.45. The molecular formula is C31H30F2N6O3S. The molecule has 43 heavy (non-hydrogen) atoms. The molecule has 3 aromatic heterocycles. The number of hydrogen-bond donors (Lipinski definition) is 1. The molecule has 1 amide bonds. The van der Waals surface area contributed by atoms with Crippen LogP contribution in [-0.4, -0.2) is 66.4 Å². The van der Waals surface area contributed by atoms with E-state index in [-0.39, 0.29) is 40.3 Å². The third-order valence-corrected chi connectivity index (χ3v) is 9.27. The van der Waals surface area contributed by atoms with Crippen LogP contribution >= 0.6 is 11.8 Å². The van der Waals surface area contributed by atoms with Crippen LogP contribution in [0.15, 0.2) is 52.8 Å². The van der Waals surface area contributed by atoms with Gasteiger partial charge >= 0.3 is 5.69 Å². The Bertz CT molecular complexity index is 1860. The molecule has 1 N–H and O–H groups in total. The van der Waals surface area contributed by atoms with E-state index in [1.807, 2.05) is 32.6 Å². The summed E-state index contributed by atoms with van der Waals surface area (Å²) in [5.41, 5.74) is 0.416. The zero-order chi connectivity index (χ0) is 30.7. The second-order valence-electron chi connectivity index (χ2n) is 11.2. The lowest BCUT2D eigenvalue weighted by molar-refractivity contribution is -0.128.